The van der Waals surface area contributed by atoms with Crippen LogP contribution >= 0.6 is 11.6 Å². The number of ether oxygens (including phenoxy) is 1. The number of carbonyl (C=O) groups excluding carboxylic acids is 3. The predicted molar refractivity (Wildman–Crippen MR) is 85.7 cm³/mol. The van der Waals surface area contributed by atoms with Crippen molar-refractivity contribution in [3.8, 4) is 0 Å². The van der Waals surface area contributed by atoms with E-state index < -0.39 is 12.1 Å². The molecule has 0 N–H and O–H groups in total. The average Bonchev–Trinajstić information content (AvgIpc) is 2.96. The molecule has 1 saturated carbocycles. The van der Waals surface area contributed by atoms with E-state index >= 15 is 0 Å². The lowest BCUT2D eigenvalue weighted by Crippen LogP contribution is -2.30. The molecule has 1 aliphatic heterocycles. The summed E-state index contributed by atoms with van der Waals surface area (Å²) in [5.41, 5.74) is 0.834. The maximum Gasteiger partial charge on any atom is 0.338 e. The lowest BCUT2D eigenvalue weighted by Gasteiger charge is -2.21. The fraction of sp³-hybridized carbons (Fsp3) is 0.471. The summed E-state index contributed by atoms with van der Waals surface area (Å²) in [4.78, 5) is 37.5. The minimum absolute atomic E-state index is 0.000115. The van der Waals surface area contributed by atoms with E-state index in [-0.39, 0.29) is 11.7 Å². The summed E-state index contributed by atoms with van der Waals surface area (Å²) in [5, 5.41) is 0.422. The summed E-state index contributed by atoms with van der Waals surface area (Å²) in [6.07, 6.45) is 3.40. The maximum absolute atomic E-state index is 12.3. The van der Waals surface area contributed by atoms with Gasteiger partial charge in [0.2, 0.25) is 5.91 Å². The Morgan fingerprint density at radius 1 is 1.17 bits per heavy atom. The molecule has 23 heavy (non-hydrogen) atoms. The molecule has 1 aromatic rings. The molecule has 1 atom stereocenters. The van der Waals surface area contributed by atoms with Crippen LogP contribution in [0.2, 0.25) is 5.02 Å². The monoisotopic (exact) mass is 335 g/mol. The van der Waals surface area contributed by atoms with Crippen molar-refractivity contribution in [3.05, 3.63) is 28.8 Å². The summed E-state index contributed by atoms with van der Waals surface area (Å²) >= 11 is 6.16. The standard InChI is InChI=1S/C17H18ClNO4/c18-12-8-7-11(10-13(12)19-9-3-6-16(19)21)17(22)23-15-5-2-1-4-14(15)20/h7-8,10,15H,1-6,9H2. The first kappa shape index (κ1) is 16.0. The van der Waals surface area contributed by atoms with E-state index in [4.69, 9.17) is 16.3 Å². The molecule has 1 amide bonds. The van der Waals surface area contributed by atoms with Crippen LogP contribution in [0.3, 0.4) is 0 Å². The Balaban J connectivity index is 1.78. The van der Waals surface area contributed by atoms with Gasteiger partial charge in [-0.15, -0.1) is 0 Å². The summed E-state index contributed by atoms with van der Waals surface area (Å²) < 4.78 is 5.34. The van der Waals surface area contributed by atoms with Crippen LogP contribution in [-0.2, 0) is 14.3 Å². The van der Waals surface area contributed by atoms with Gasteiger partial charge in [0.05, 0.1) is 16.3 Å². The number of ketones is 1. The van der Waals surface area contributed by atoms with Gasteiger partial charge >= 0.3 is 5.97 Å². The highest BCUT2D eigenvalue weighted by Crippen LogP contribution is 2.31. The number of halogens is 1. The van der Waals surface area contributed by atoms with Gasteiger partial charge in [0.25, 0.3) is 0 Å². The van der Waals surface area contributed by atoms with Crippen molar-refractivity contribution in [2.75, 3.05) is 11.4 Å². The van der Waals surface area contributed by atoms with Gasteiger partial charge in [-0.25, -0.2) is 4.79 Å². The van der Waals surface area contributed by atoms with Crippen molar-refractivity contribution >= 4 is 34.9 Å². The number of rotatable bonds is 3. The Hall–Kier alpha value is -1.88. The molecule has 0 aromatic heterocycles. The quantitative estimate of drug-likeness (QED) is 0.796. The van der Waals surface area contributed by atoms with Gasteiger partial charge in [-0.1, -0.05) is 11.6 Å². The second kappa shape index (κ2) is 6.71. The molecule has 2 fully saturated rings. The van der Waals surface area contributed by atoms with Crippen molar-refractivity contribution in [2.24, 2.45) is 0 Å². The third-order valence-corrected chi connectivity index (χ3v) is 4.61. The molecule has 1 unspecified atom stereocenters. The second-order valence-corrected chi connectivity index (χ2v) is 6.33. The van der Waals surface area contributed by atoms with Crippen LogP contribution < -0.4 is 4.90 Å². The molecular formula is C17H18ClNO4. The molecule has 122 valence electrons. The highest BCUT2D eigenvalue weighted by atomic mass is 35.5. The van der Waals surface area contributed by atoms with Gasteiger partial charge in [0.1, 0.15) is 0 Å². The van der Waals surface area contributed by atoms with E-state index in [9.17, 15) is 14.4 Å². The Labute approximate surface area is 139 Å². The summed E-state index contributed by atoms with van der Waals surface area (Å²) in [7, 11) is 0. The van der Waals surface area contributed by atoms with Crippen molar-refractivity contribution < 1.29 is 19.1 Å². The first-order valence-electron chi connectivity index (χ1n) is 7.90. The number of hydrogen-bond acceptors (Lipinski definition) is 4. The van der Waals surface area contributed by atoms with Gasteiger partial charge in [-0.2, -0.15) is 0 Å². The fourth-order valence-corrected chi connectivity index (χ4v) is 3.24. The number of amides is 1. The van der Waals surface area contributed by atoms with Gasteiger partial charge in [-0.3, -0.25) is 9.59 Å². The fourth-order valence-electron chi connectivity index (χ4n) is 3.02. The van der Waals surface area contributed by atoms with E-state index in [2.05, 4.69) is 0 Å². The first-order chi connectivity index (χ1) is 11.1. The highest BCUT2D eigenvalue weighted by molar-refractivity contribution is 6.34. The van der Waals surface area contributed by atoms with Crippen LogP contribution in [-0.4, -0.2) is 30.3 Å². The summed E-state index contributed by atoms with van der Waals surface area (Å²) in [5.74, 6) is -0.566. The zero-order valence-electron chi connectivity index (χ0n) is 12.7. The molecule has 5 nitrogen and oxygen atoms in total. The summed E-state index contributed by atoms with van der Waals surface area (Å²) in [6, 6.07) is 4.71. The maximum atomic E-state index is 12.3. The van der Waals surface area contributed by atoms with Crippen molar-refractivity contribution in [3.63, 3.8) is 0 Å². The molecule has 6 heteroatoms. The van der Waals surface area contributed by atoms with Crippen LogP contribution in [0.1, 0.15) is 48.9 Å². The van der Waals surface area contributed by atoms with Crippen LogP contribution in [0.5, 0.6) is 0 Å². The van der Waals surface area contributed by atoms with E-state index in [0.717, 1.165) is 19.3 Å². The predicted octanol–water partition coefficient (Wildman–Crippen LogP) is 3.14. The number of esters is 1. The Morgan fingerprint density at radius 2 is 2.00 bits per heavy atom. The number of hydrogen-bond donors (Lipinski definition) is 0. The van der Waals surface area contributed by atoms with Crippen molar-refractivity contribution in [2.45, 2.75) is 44.6 Å². The topological polar surface area (TPSA) is 63.7 Å². The second-order valence-electron chi connectivity index (χ2n) is 5.92. The van der Waals surface area contributed by atoms with E-state index in [0.29, 0.717) is 42.1 Å². The SMILES string of the molecule is O=C(OC1CCCCC1=O)c1ccc(Cl)c(N2CCCC2=O)c1. The lowest BCUT2D eigenvalue weighted by molar-refractivity contribution is -0.129. The number of carbonyl (C=O) groups is 3. The van der Waals surface area contributed by atoms with Crippen LogP contribution in [0, 0.1) is 0 Å². The molecule has 1 aromatic carbocycles. The zero-order valence-corrected chi connectivity index (χ0v) is 13.5. The Bertz CT molecular complexity index is 658. The molecule has 0 bridgehead atoms. The number of benzene rings is 1. The van der Waals surface area contributed by atoms with Gasteiger partial charge < -0.3 is 9.64 Å². The minimum Gasteiger partial charge on any atom is -0.451 e. The molecule has 0 radical (unpaired) electrons. The zero-order chi connectivity index (χ0) is 16.4. The normalized spacial score (nSPS) is 21.6. The lowest BCUT2D eigenvalue weighted by atomic mass is 9.96. The summed E-state index contributed by atoms with van der Waals surface area (Å²) in [6.45, 7) is 0.595. The van der Waals surface area contributed by atoms with E-state index in [1.165, 1.54) is 0 Å². The molecule has 1 heterocycles. The third-order valence-electron chi connectivity index (χ3n) is 4.29. The molecular weight excluding hydrogens is 318 g/mol. The van der Waals surface area contributed by atoms with Gasteiger partial charge in [-0.05, 0) is 43.9 Å². The molecule has 2 aliphatic rings. The van der Waals surface area contributed by atoms with E-state index in [1.54, 1.807) is 23.1 Å². The third kappa shape index (κ3) is 3.39. The smallest absolute Gasteiger partial charge is 0.338 e. The van der Waals surface area contributed by atoms with Crippen molar-refractivity contribution in [1.82, 2.24) is 0 Å². The number of anilines is 1. The van der Waals surface area contributed by atoms with Gasteiger partial charge in [0, 0.05) is 19.4 Å². The molecule has 1 saturated heterocycles. The molecule has 3 rings (SSSR count). The Morgan fingerprint density at radius 3 is 2.70 bits per heavy atom. The first-order valence-corrected chi connectivity index (χ1v) is 8.27. The van der Waals surface area contributed by atoms with Crippen LogP contribution in [0.4, 0.5) is 5.69 Å². The van der Waals surface area contributed by atoms with Crippen molar-refractivity contribution in [1.29, 1.82) is 0 Å². The average molecular weight is 336 g/mol. The van der Waals surface area contributed by atoms with Crippen LogP contribution in [0.15, 0.2) is 18.2 Å². The molecule has 0 spiro atoms. The largest absolute Gasteiger partial charge is 0.451 e. The molecule has 1 aliphatic carbocycles. The van der Waals surface area contributed by atoms with Crippen LogP contribution in [0.25, 0.3) is 0 Å². The van der Waals surface area contributed by atoms with Gasteiger partial charge in [0.15, 0.2) is 11.9 Å². The van der Waals surface area contributed by atoms with E-state index in [1.807, 2.05) is 0 Å². The number of nitrogens with zero attached hydrogens (tertiary/aromatic N) is 1. The Kier molecular flexibility index (Phi) is 4.66. The number of Topliss-reactive ketones (excluding diaryl/α,β-unsaturated/α-hetero) is 1. The minimum atomic E-state index is -0.649. The highest BCUT2D eigenvalue weighted by Gasteiger charge is 2.28.